The van der Waals surface area contributed by atoms with Crippen molar-refractivity contribution in [1.82, 2.24) is 25.3 Å². The fraction of sp³-hybridized carbons (Fsp3) is 0.148. The number of furan rings is 1. The molecule has 37 heavy (non-hydrogen) atoms. The summed E-state index contributed by atoms with van der Waals surface area (Å²) in [6, 6.07) is 20.3. The van der Waals surface area contributed by atoms with Crippen molar-refractivity contribution in [3.63, 3.8) is 0 Å². The molecule has 0 aliphatic rings. The topological polar surface area (TPSA) is 115 Å². The summed E-state index contributed by atoms with van der Waals surface area (Å²) in [6.45, 7) is 0.0374. The Morgan fingerprint density at radius 3 is 2.62 bits per heavy atom. The highest BCUT2D eigenvalue weighted by molar-refractivity contribution is 6.01. The number of fused-ring (bicyclic) bond motifs is 1. The van der Waals surface area contributed by atoms with Crippen molar-refractivity contribution in [3.05, 3.63) is 103 Å². The minimum absolute atomic E-state index is 0.130. The minimum atomic E-state index is -1.01. The lowest BCUT2D eigenvalue weighted by Crippen LogP contribution is -2.45. The van der Waals surface area contributed by atoms with Gasteiger partial charge in [-0.3, -0.25) is 19.5 Å². The molecule has 10 nitrogen and oxygen atoms in total. The molecule has 0 saturated carbocycles. The normalized spacial score (nSPS) is 11.7. The van der Waals surface area contributed by atoms with Gasteiger partial charge in [-0.1, -0.05) is 23.4 Å². The Morgan fingerprint density at radius 2 is 1.89 bits per heavy atom. The van der Waals surface area contributed by atoms with E-state index in [2.05, 4.69) is 20.6 Å². The van der Waals surface area contributed by atoms with Crippen LogP contribution in [0.4, 0.5) is 5.69 Å². The van der Waals surface area contributed by atoms with Crippen LogP contribution in [-0.4, -0.2) is 38.9 Å². The first-order valence-corrected chi connectivity index (χ1v) is 11.6. The van der Waals surface area contributed by atoms with Gasteiger partial charge in [-0.15, -0.1) is 5.10 Å². The highest BCUT2D eigenvalue weighted by atomic mass is 16.5. The number of hydrogen-bond acceptors (Lipinski definition) is 7. The molecule has 0 fully saturated rings. The summed E-state index contributed by atoms with van der Waals surface area (Å²) < 4.78 is 12.2. The van der Waals surface area contributed by atoms with Crippen LogP contribution < -0.4 is 15.0 Å². The molecule has 5 aromatic rings. The molecule has 0 radical (unpaired) electrons. The Bertz CT molecular complexity index is 1480. The first-order chi connectivity index (χ1) is 18.1. The third-order valence-corrected chi connectivity index (χ3v) is 5.85. The van der Waals surface area contributed by atoms with Gasteiger partial charge in [0.05, 0.1) is 25.4 Å². The van der Waals surface area contributed by atoms with Crippen LogP contribution in [0.3, 0.4) is 0 Å². The number of nitrogens with zero attached hydrogens (tertiary/aromatic N) is 5. The number of para-hydroxylation sites is 1. The molecule has 10 heteroatoms. The number of pyridine rings is 1. The summed E-state index contributed by atoms with van der Waals surface area (Å²) in [5.41, 5.74) is 2.45. The van der Waals surface area contributed by atoms with E-state index >= 15 is 0 Å². The van der Waals surface area contributed by atoms with Crippen LogP contribution in [0.5, 0.6) is 5.75 Å². The molecule has 2 aromatic carbocycles. The number of hydrogen-bond donors (Lipinski definition) is 1. The molecule has 5 rings (SSSR count). The standard InChI is InChI=1S/C27H24N6O4/c1-36-21-12-10-20(11-13-21)33(25(34)18-32-24-9-3-2-8-23(24)30-31-32)26(19-6-4-14-28-16-19)27(35)29-17-22-7-5-15-37-22/h2-16,26H,17-18H2,1H3,(H,29,35)/t26-/m0/s1. The third-order valence-electron chi connectivity index (χ3n) is 5.85. The van der Waals surface area contributed by atoms with Gasteiger partial charge in [0, 0.05) is 23.6 Å². The molecule has 0 bridgehead atoms. The molecule has 0 spiro atoms. The Morgan fingerprint density at radius 1 is 1.05 bits per heavy atom. The van der Waals surface area contributed by atoms with E-state index in [1.807, 2.05) is 24.3 Å². The van der Waals surface area contributed by atoms with Crippen LogP contribution in [0.2, 0.25) is 0 Å². The lowest BCUT2D eigenvalue weighted by Gasteiger charge is -2.31. The summed E-state index contributed by atoms with van der Waals surface area (Å²) in [6.07, 6.45) is 4.73. The van der Waals surface area contributed by atoms with Crippen molar-refractivity contribution >= 4 is 28.5 Å². The summed E-state index contributed by atoms with van der Waals surface area (Å²) in [4.78, 5) is 33.3. The second-order valence-electron chi connectivity index (χ2n) is 8.18. The van der Waals surface area contributed by atoms with Crippen LogP contribution in [0.25, 0.3) is 11.0 Å². The van der Waals surface area contributed by atoms with Gasteiger partial charge in [0.15, 0.2) is 0 Å². The van der Waals surface area contributed by atoms with Crippen LogP contribution in [-0.2, 0) is 22.7 Å². The molecule has 3 aromatic heterocycles. The number of nitrogens with one attached hydrogen (secondary N) is 1. The molecule has 0 unspecified atom stereocenters. The maximum absolute atomic E-state index is 13.9. The molecule has 186 valence electrons. The molecule has 3 heterocycles. The van der Waals surface area contributed by atoms with Crippen LogP contribution in [0.15, 0.2) is 95.9 Å². The summed E-state index contributed by atoms with van der Waals surface area (Å²) in [5.74, 6) is 0.466. The third kappa shape index (κ3) is 5.18. The van der Waals surface area contributed by atoms with E-state index in [1.54, 1.807) is 68.0 Å². The van der Waals surface area contributed by atoms with Crippen molar-refractivity contribution in [2.75, 3.05) is 12.0 Å². The van der Waals surface area contributed by atoms with Crippen molar-refractivity contribution in [3.8, 4) is 5.75 Å². The number of carbonyl (C=O) groups is 2. The van der Waals surface area contributed by atoms with Gasteiger partial charge in [0.2, 0.25) is 11.8 Å². The molecule has 0 aliphatic heterocycles. The average Bonchev–Trinajstić information content (AvgIpc) is 3.61. The molecule has 0 saturated heterocycles. The maximum Gasteiger partial charge on any atom is 0.249 e. The fourth-order valence-electron chi connectivity index (χ4n) is 4.06. The zero-order chi connectivity index (χ0) is 25.6. The van der Waals surface area contributed by atoms with Gasteiger partial charge in [0.25, 0.3) is 0 Å². The molecular formula is C27H24N6O4. The van der Waals surface area contributed by atoms with E-state index < -0.39 is 11.9 Å². The predicted molar refractivity (Wildman–Crippen MR) is 136 cm³/mol. The van der Waals surface area contributed by atoms with E-state index in [0.29, 0.717) is 33.8 Å². The first-order valence-electron chi connectivity index (χ1n) is 11.6. The number of amides is 2. The zero-order valence-corrected chi connectivity index (χ0v) is 20.0. The monoisotopic (exact) mass is 496 g/mol. The van der Waals surface area contributed by atoms with Crippen molar-refractivity contribution in [2.24, 2.45) is 0 Å². The number of ether oxygens (including phenoxy) is 1. The van der Waals surface area contributed by atoms with E-state index in [4.69, 9.17) is 9.15 Å². The number of rotatable bonds is 9. The molecule has 0 aliphatic carbocycles. The van der Waals surface area contributed by atoms with Crippen molar-refractivity contribution in [1.29, 1.82) is 0 Å². The van der Waals surface area contributed by atoms with E-state index in [-0.39, 0.29) is 19.0 Å². The summed E-state index contributed by atoms with van der Waals surface area (Å²) in [5, 5.41) is 11.2. The maximum atomic E-state index is 13.9. The lowest BCUT2D eigenvalue weighted by atomic mass is 10.0. The van der Waals surface area contributed by atoms with E-state index in [9.17, 15) is 9.59 Å². The van der Waals surface area contributed by atoms with Crippen molar-refractivity contribution in [2.45, 2.75) is 19.1 Å². The Hall–Kier alpha value is -4.99. The number of carbonyl (C=O) groups excluding carboxylic acids is 2. The van der Waals surface area contributed by atoms with E-state index in [0.717, 1.165) is 0 Å². The minimum Gasteiger partial charge on any atom is -0.497 e. The molecule has 2 amide bonds. The number of aromatic nitrogens is 4. The Balaban J connectivity index is 1.54. The van der Waals surface area contributed by atoms with Crippen LogP contribution >= 0.6 is 0 Å². The van der Waals surface area contributed by atoms with Gasteiger partial charge < -0.3 is 14.5 Å². The lowest BCUT2D eigenvalue weighted by molar-refractivity contribution is -0.127. The number of benzene rings is 2. The van der Waals surface area contributed by atoms with E-state index in [1.165, 1.54) is 15.8 Å². The fourth-order valence-corrected chi connectivity index (χ4v) is 4.06. The van der Waals surface area contributed by atoms with Crippen LogP contribution in [0.1, 0.15) is 17.4 Å². The Kier molecular flexibility index (Phi) is 6.89. The predicted octanol–water partition coefficient (Wildman–Crippen LogP) is 3.52. The highest BCUT2D eigenvalue weighted by Crippen LogP contribution is 2.30. The zero-order valence-electron chi connectivity index (χ0n) is 20.0. The van der Waals surface area contributed by atoms with Gasteiger partial charge >= 0.3 is 0 Å². The second kappa shape index (κ2) is 10.7. The summed E-state index contributed by atoms with van der Waals surface area (Å²) in [7, 11) is 1.56. The van der Waals surface area contributed by atoms with Gasteiger partial charge in [-0.25, -0.2) is 4.68 Å². The molecule has 1 atom stereocenters. The second-order valence-corrected chi connectivity index (χ2v) is 8.18. The Labute approximate surface area is 212 Å². The first kappa shape index (κ1) is 23.7. The van der Waals surface area contributed by atoms with Crippen LogP contribution in [0, 0.1) is 0 Å². The summed E-state index contributed by atoms with van der Waals surface area (Å²) >= 11 is 0. The number of anilines is 1. The smallest absolute Gasteiger partial charge is 0.249 e. The highest BCUT2D eigenvalue weighted by Gasteiger charge is 2.33. The largest absolute Gasteiger partial charge is 0.497 e. The molecule has 1 N–H and O–H groups in total. The van der Waals surface area contributed by atoms with Crippen molar-refractivity contribution < 1.29 is 18.7 Å². The number of methoxy groups -OCH3 is 1. The van der Waals surface area contributed by atoms with Gasteiger partial charge in [-0.05, 0) is 54.6 Å². The van der Waals surface area contributed by atoms with Gasteiger partial charge in [-0.2, -0.15) is 0 Å². The molecular weight excluding hydrogens is 472 g/mol. The van der Waals surface area contributed by atoms with Gasteiger partial charge in [0.1, 0.15) is 29.6 Å². The quantitative estimate of drug-likeness (QED) is 0.332. The average molecular weight is 497 g/mol. The SMILES string of the molecule is COc1ccc(N(C(=O)Cn2nnc3ccccc32)[C@H](C(=O)NCc2ccco2)c2cccnc2)cc1.